The van der Waals surface area contributed by atoms with Crippen LogP contribution in [0.15, 0.2) is 84.9 Å². The lowest BCUT2D eigenvalue weighted by Gasteiger charge is -2.12. The lowest BCUT2D eigenvalue weighted by Crippen LogP contribution is -1.98. The number of nitrogen functional groups attached to an aromatic ring is 2. The quantitative estimate of drug-likeness (QED) is 0.0432. The Kier molecular flexibility index (Phi) is 21.1. The van der Waals surface area contributed by atoms with Crippen molar-refractivity contribution in [1.29, 1.82) is 0 Å². The molecule has 4 rings (SSSR count). The average Bonchev–Trinajstić information content (AvgIpc) is 3.17. The van der Waals surface area contributed by atoms with Gasteiger partial charge in [0.2, 0.25) is 0 Å². The van der Waals surface area contributed by atoms with Gasteiger partial charge < -0.3 is 11.5 Å². The minimum Gasteiger partial charge on any atom is -0.399 e. The number of rotatable bonds is 29. The summed E-state index contributed by atoms with van der Waals surface area (Å²) >= 11 is 0. The third-order valence-electron chi connectivity index (χ3n) is 11.5. The van der Waals surface area contributed by atoms with Gasteiger partial charge in [-0.25, -0.2) is 0 Å². The number of benzene rings is 4. The molecule has 0 fully saturated rings. The molecule has 2 nitrogen and oxygen atoms in total. The molecular weight excluding hydrogens is 653 g/mol. The van der Waals surface area contributed by atoms with Crippen LogP contribution in [-0.4, -0.2) is 0 Å². The van der Waals surface area contributed by atoms with E-state index in [4.69, 9.17) is 11.5 Å². The first-order chi connectivity index (χ1) is 26.5. The second-order valence-corrected chi connectivity index (χ2v) is 16.4. The molecule has 0 spiro atoms. The fourth-order valence-corrected chi connectivity index (χ4v) is 8.27. The van der Waals surface area contributed by atoms with Crippen LogP contribution in [0.2, 0.25) is 0 Å². The molecule has 0 amide bonds. The topological polar surface area (TPSA) is 52.0 Å². The van der Waals surface area contributed by atoms with Gasteiger partial charge in [-0.1, -0.05) is 190 Å². The molecule has 0 aliphatic rings. The molecule has 2 heteroatoms. The number of anilines is 2. The monoisotopic (exact) mass is 729 g/mol. The Balaban J connectivity index is 0.926. The highest BCUT2D eigenvalue weighted by Crippen LogP contribution is 2.23. The van der Waals surface area contributed by atoms with Crippen LogP contribution in [0, 0.1) is 0 Å². The van der Waals surface area contributed by atoms with Crippen LogP contribution < -0.4 is 11.5 Å². The van der Waals surface area contributed by atoms with Crippen molar-refractivity contribution in [3.8, 4) is 0 Å². The van der Waals surface area contributed by atoms with E-state index in [-0.39, 0.29) is 0 Å². The number of aryl methyl sites for hydroxylation is 4. The van der Waals surface area contributed by atoms with Gasteiger partial charge in [0.25, 0.3) is 0 Å². The largest absolute Gasteiger partial charge is 0.399 e. The van der Waals surface area contributed by atoms with Crippen molar-refractivity contribution >= 4 is 11.4 Å². The minimum absolute atomic E-state index is 0.840. The maximum absolute atomic E-state index is 5.87. The second-order valence-electron chi connectivity index (χ2n) is 16.4. The molecule has 0 aliphatic heterocycles. The minimum atomic E-state index is 0.840. The van der Waals surface area contributed by atoms with Gasteiger partial charge in [-0.2, -0.15) is 0 Å². The summed E-state index contributed by atoms with van der Waals surface area (Å²) in [6.07, 6.45) is 34.7. The van der Waals surface area contributed by atoms with Crippen LogP contribution in [0.3, 0.4) is 0 Å². The van der Waals surface area contributed by atoms with Crippen LogP contribution in [0.1, 0.15) is 187 Å². The van der Waals surface area contributed by atoms with E-state index in [9.17, 15) is 0 Å². The third-order valence-corrected chi connectivity index (χ3v) is 11.5. The first-order valence-electron chi connectivity index (χ1n) is 22.4. The maximum Gasteiger partial charge on any atom is 0.0314 e. The average molecular weight is 729 g/mol. The summed E-state index contributed by atoms with van der Waals surface area (Å²) in [7, 11) is 0. The molecule has 0 atom stereocenters. The van der Waals surface area contributed by atoms with Gasteiger partial charge in [0, 0.05) is 11.4 Å². The highest BCUT2D eigenvalue weighted by molar-refractivity contribution is 5.43. The summed E-state index contributed by atoms with van der Waals surface area (Å²) in [5.74, 6) is 0. The molecule has 0 heterocycles. The summed E-state index contributed by atoms with van der Waals surface area (Å²) in [6, 6.07) is 31.1. The van der Waals surface area contributed by atoms with Gasteiger partial charge in [0.1, 0.15) is 0 Å². The first kappa shape index (κ1) is 43.2. The van der Waals surface area contributed by atoms with E-state index in [1.807, 2.05) is 24.3 Å². The summed E-state index contributed by atoms with van der Waals surface area (Å²) in [4.78, 5) is 0. The molecule has 0 bridgehead atoms. The molecule has 4 aromatic carbocycles. The van der Waals surface area contributed by atoms with Crippen molar-refractivity contribution in [3.05, 3.63) is 129 Å². The van der Waals surface area contributed by atoms with Gasteiger partial charge >= 0.3 is 0 Å². The summed E-state index contributed by atoms with van der Waals surface area (Å²) in [5, 5.41) is 0. The highest BCUT2D eigenvalue weighted by Gasteiger charge is 2.07. The molecular formula is C52H76N2. The SMILES string of the molecule is CCCc1cc(Cc2ccc(N)cc2)ccc1CCCCCCCCCCCCCCCCCCCCc1ccc(Cc2ccc(N)cc2)cc1CCC. The van der Waals surface area contributed by atoms with Crippen molar-refractivity contribution < 1.29 is 0 Å². The Morgan fingerprint density at radius 1 is 0.296 bits per heavy atom. The Labute approximate surface area is 332 Å². The van der Waals surface area contributed by atoms with Crippen LogP contribution >= 0.6 is 0 Å². The lowest BCUT2D eigenvalue weighted by molar-refractivity contribution is 0.523. The van der Waals surface area contributed by atoms with Gasteiger partial charge in [0.15, 0.2) is 0 Å². The molecule has 0 radical (unpaired) electrons. The van der Waals surface area contributed by atoms with Crippen molar-refractivity contribution in [1.82, 2.24) is 0 Å². The molecule has 0 saturated carbocycles. The van der Waals surface area contributed by atoms with Crippen LogP contribution in [-0.2, 0) is 38.5 Å². The van der Waals surface area contributed by atoms with E-state index < -0.39 is 0 Å². The summed E-state index contributed by atoms with van der Waals surface area (Å²) < 4.78 is 0. The second kappa shape index (κ2) is 26.3. The van der Waals surface area contributed by atoms with Gasteiger partial charge in [-0.3, -0.25) is 0 Å². The molecule has 54 heavy (non-hydrogen) atoms. The normalized spacial score (nSPS) is 11.4. The molecule has 4 N–H and O–H groups in total. The summed E-state index contributed by atoms with van der Waals surface area (Å²) in [6.45, 7) is 4.60. The number of nitrogens with two attached hydrogens (primary N) is 2. The first-order valence-corrected chi connectivity index (χ1v) is 22.4. The smallest absolute Gasteiger partial charge is 0.0314 e. The third kappa shape index (κ3) is 17.3. The number of hydrogen-bond acceptors (Lipinski definition) is 2. The number of unbranched alkanes of at least 4 members (excludes halogenated alkanes) is 17. The molecule has 0 saturated heterocycles. The van der Waals surface area contributed by atoms with E-state index in [1.165, 1.54) is 176 Å². The predicted octanol–water partition coefficient (Wildman–Crippen LogP) is 14.7. The van der Waals surface area contributed by atoms with Crippen LogP contribution in [0.4, 0.5) is 11.4 Å². The van der Waals surface area contributed by atoms with Crippen molar-refractivity contribution in [2.24, 2.45) is 0 Å². The van der Waals surface area contributed by atoms with Gasteiger partial charge in [0.05, 0.1) is 0 Å². The van der Waals surface area contributed by atoms with Crippen LogP contribution in [0.5, 0.6) is 0 Å². The molecule has 294 valence electrons. The lowest BCUT2D eigenvalue weighted by atomic mass is 9.93. The predicted molar refractivity (Wildman–Crippen MR) is 239 cm³/mol. The van der Waals surface area contributed by atoms with E-state index in [2.05, 4.69) is 74.5 Å². The van der Waals surface area contributed by atoms with Gasteiger partial charge in [-0.15, -0.1) is 0 Å². The van der Waals surface area contributed by atoms with Crippen LogP contribution in [0.25, 0.3) is 0 Å². The summed E-state index contributed by atoms with van der Waals surface area (Å²) in [5.41, 5.74) is 25.2. The Hall–Kier alpha value is -3.52. The zero-order valence-electron chi connectivity index (χ0n) is 34.6. The number of hydrogen-bond donors (Lipinski definition) is 2. The highest BCUT2D eigenvalue weighted by atomic mass is 14.5. The molecule has 0 aliphatic carbocycles. The Morgan fingerprint density at radius 2 is 0.574 bits per heavy atom. The zero-order chi connectivity index (χ0) is 38.1. The van der Waals surface area contributed by atoms with E-state index in [0.717, 1.165) is 24.2 Å². The molecule has 4 aromatic rings. The fraction of sp³-hybridized carbons (Fsp3) is 0.538. The maximum atomic E-state index is 5.87. The fourth-order valence-electron chi connectivity index (χ4n) is 8.27. The Morgan fingerprint density at radius 3 is 0.870 bits per heavy atom. The van der Waals surface area contributed by atoms with Crippen molar-refractivity contribution in [2.75, 3.05) is 11.5 Å². The molecule has 0 unspecified atom stereocenters. The Bertz CT molecular complexity index is 1430. The van der Waals surface area contributed by atoms with E-state index in [0.29, 0.717) is 0 Å². The molecule has 0 aromatic heterocycles. The standard InChI is InChI=1S/C52H76N2/c1-3-23-49-41-45(39-43-29-35-51(53)36-30-43)27-33-47(49)25-21-19-17-15-13-11-9-7-5-6-8-10-12-14-16-18-20-22-26-48-34-28-46(42-50(48)24-4-2)40-44-31-37-52(54)38-32-44/h27-38,41-42H,3-26,39-40,53-54H2,1-2H3. The van der Waals surface area contributed by atoms with E-state index >= 15 is 0 Å². The van der Waals surface area contributed by atoms with Crippen molar-refractivity contribution in [2.45, 2.75) is 181 Å². The zero-order valence-corrected chi connectivity index (χ0v) is 34.6. The van der Waals surface area contributed by atoms with Gasteiger partial charge in [-0.05, 0) is 120 Å². The van der Waals surface area contributed by atoms with E-state index in [1.54, 1.807) is 22.3 Å². The van der Waals surface area contributed by atoms with Crippen molar-refractivity contribution in [3.63, 3.8) is 0 Å².